The van der Waals surface area contributed by atoms with Gasteiger partial charge < -0.3 is 4.74 Å². The van der Waals surface area contributed by atoms with Gasteiger partial charge in [0.2, 0.25) is 10.0 Å². The third kappa shape index (κ3) is 5.09. The van der Waals surface area contributed by atoms with Crippen molar-refractivity contribution in [2.24, 2.45) is 0 Å². The highest BCUT2D eigenvalue weighted by Gasteiger charge is 2.27. The van der Waals surface area contributed by atoms with Crippen LogP contribution in [0.1, 0.15) is 36.4 Å². The van der Waals surface area contributed by atoms with Crippen molar-refractivity contribution < 1.29 is 13.2 Å². The first-order valence-electron chi connectivity index (χ1n) is 9.52. The summed E-state index contributed by atoms with van der Waals surface area (Å²) in [6.45, 7) is 2.03. The van der Waals surface area contributed by atoms with Crippen LogP contribution in [0.5, 0.6) is 5.75 Å². The molecule has 1 aliphatic heterocycles. The Hall–Kier alpha value is -2.11. The molecule has 0 aliphatic carbocycles. The van der Waals surface area contributed by atoms with E-state index in [2.05, 4.69) is 9.62 Å². The normalized spacial score (nSPS) is 16.2. The van der Waals surface area contributed by atoms with E-state index in [1.807, 2.05) is 30.3 Å². The Balaban J connectivity index is 1.86. The standard InChI is InChI=1S/C21H24ClN3O3S/c1-28-21-8-4-3-7-18(21)20(25-11-5-2-6-12-25)15-24-29(26,27)17-10-9-16(14-23)19(22)13-17/h3-4,7-10,13,20,24H,2,5-6,11-12,15H2,1H3. The number of hydrogen-bond acceptors (Lipinski definition) is 5. The van der Waals surface area contributed by atoms with Gasteiger partial charge in [-0.25, -0.2) is 13.1 Å². The lowest BCUT2D eigenvalue weighted by molar-refractivity contribution is 0.162. The van der Waals surface area contributed by atoms with Gasteiger partial charge in [0.25, 0.3) is 0 Å². The van der Waals surface area contributed by atoms with Crippen molar-refractivity contribution in [1.29, 1.82) is 5.26 Å². The Morgan fingerprint density at radius 3 is 2.59 bits per heavy atom. The van der Waals surface area contributed by atoms with E-state index >= 15 is 0 Å². The molecule has 29 heavy (non-hydrogen) atoms. The smallest absolute Gasteiger partial charge is 0.240 e. The average molecular weight is 434 g/mol. The van der Waals surface area contributed by atoms with Gasteiger partial charge in [0.1, 0.15) is 11.8 Å². The number of benzene rings is 2. The van der Waals surface area contributed by atoms with E-state index < -0.39 is 10.0 Å². The zero-order valence-electron chi connectivity index (χ0n) is 16.3. The zero-order chi connectivity index (χ0) is 20.9. The SMILES string of the molecule is COc1ccccc1C(CNS(=O)(=O)c1ccc(C#N)c(Cl)c1)N1CCCCC1. The second-order valence-electron chi connectivity index (χ2n) is 6.96. The van der Waals surface area contributed by atoms with Crippen molar-refractivity contribution in [3.05, 3.63) is 58.6 Å². The van der Waals surface area contributed by atoms with Crippen molar-refractivity contribution in [3.63, 3.8) is 0 Å². The number of nitrogens with one attached hydrogen (secondary N) is 1. The Labute approximate surface area is 177 Å². The summed E-state index contributed by atoms with van der Waals surface area (Å²) >= 11 is 6.02. The second kappa shape index (κ2) is 9.59. The minimum absolute atomic E-state index is 0.0407. The molecule has 1 saturated heterocycles. The number of methoxy groups -OCH3 is 1. The van der Waals surface area contributed by atoms with Crippen molar-refractivity contribution in [2.75, 3.05) is 26.7 Å². The topological polar surface area (TPSA) is 82.4 Å². The number of hydrogen-bond donors (Lipinski definition) is 1. The summed E-state index contributed by atoms with van der Waals surface area (Å²) in [5, 5.41) is 9.11. The van der Waals surface area contributed by atoms with Gasteiger partial charge in [-0.2, -0.15) is 5.26 Å². The molecule has 1 fully saturated rings. The summed E-state index contributed by atoms with van der Waals surface area (Å²) < 4.78 is 34.0. The first kappa shape index (κ1) is 21.6. The number of ether oxygens (including phenoxy) is 1. The molecule has 1 N–H and O–H groups in total. The van der Waals surface area contributed by atoms with Gasteiger partial charge in [0.15, 0.2) is 0 Å². The van der Waals surface area contributed by atoms with Gasteiger partial charge in [-0.1, -0.05) is 36.2 Å². The summed E-state index contributed by atoms with van der Waals surface area (Å²) in [7, 11) is -2.16. The van der Waals surface area contributed by atoms with Crippen molar-refractivity contribution >= 4 is 21.6 Å². The van der Waals surface area contributed by atoms with Crippen LogP contribution in [-0.2, 0) is 10.0 Å². The molecule has 6 nitrogen and oxygen atoms in total. The number of halogens is 1. The summed E-state index contributed by atoms with van der Waals surface area (Å²) in [6, 6.07) is 13.6. The molecule has 1 atom stereocenters. The lowest BCUT2D eigenvalue weighted by Gasteiger charge is -2.35. The number of nitrogens with zero attached hydrogens (tertiary/aromatic N) is 2. The Bertz CT molecular complexity index is 998. The molecule has 0 amide bonds. The summed E-state index contributed by atoms with van der Waals surface area (Å²) in [6.07, 6.45) is 3.36. The maximum absolute atomic E-state index is 12.9. The molecule has 8 heteroatoms. The van der Waals surface area contributed by atoms with E-state index in [9.17, 15) is 8.42 Å². The van der Waals surface area contributed by atoms with Crippen LogP contribution in [-0.4, -0.2) is 40.1 Å². The van der Waals surface area contributed by atoms with E-state index in [1.165, 1.54) is 24.6 Å². The van der Waals surface area contributed by atoms with Crippen molar-refractivity contribution in [3.8, 4) is 11.8 Å². The van der Waals surface area contributed by atoms with Crippen LogP contribution in [0.3, 0.4) is 0 Å². The second-order valence-corrected chi connectivity index (χ2v) is 9.13. The average Bonchev–Trinajstić information content (AvgIpc) is 2.75. The molecule has 154 valence electrons. The predicted molar refractivity (Wildman–Crippen MR) is 113 cm³/mol. The fraction of sp³-hybridized carbons (Fsp3) is 0.381. The van der Waals surface area contributed by atoms with Crippen LogP contribution >= 0.6 is 11.6 Å². The highest BCUT2D eigenvalue weighted by atomic mass is 35.5. The minimum Gasteiger partial charge on any atom is -0.496 e. The van der Waals surface area contributed by atoms with Crippen LogP contribution in [0, 0.1) is 11.3 Å². The number of likely N-dealkylation sites (tertiary alicyclic amines) is 1. The van der Waals surface area contributed by atoms with Gasteiger partial charge in [0.05, 0.1) is 28.6 Å². The van der Waals surface area contributed by atoms with E-state index in [4.69, 9.17) is 21.6 Å². The molecule has 1 unspecified atom stereocenters. The molecule has 0 bridgehead atoms. The van der Waals surface area contributed by atoms with E-state index in [1.54, 1.807) is 7.11 Å². The molecule has 0 aromatic heterocycles. The molecule has 0 saturated carbocycles. The number of nitriles is 1. The van der Waals surface area contributed by atoms with Gasteiger partial charge >= 0.3 is 0 Å². The predicted octanol–water partition coefficient (Wildman–Crippen LogP) is 3.73. The fourth-order valence-corrected chi connectivity index (χ4v) is 4.98. The monoisotopic (exact) mass is 433 g/mol. The van der Waals surface area contributed by atoms with Gasteiger partial charge in [-0.05, 0) is 50.2 Å². The lowest BCUT2D eigenvalue weighted by atomic mass is 10.0. The van der Waals surface area contributed by atoms with Gasteiger partial charge in [-0.3, -0.25) is 4.90 Å². The highest BCUT2D eigenvalue weighted by Crippen LogP contribution is 2.31. The summed E-state index contributed by atoms with van der Waals surface area (Å²) in [5.74, 6) is 0.740. The first-order chi connectivity index (χ1) is 14.0. The largest absolute Gasteiger partial charge is 0.496 e. The highest BCUT2D eigenvalue weighted by molar-refractivity contribution is 7.89. The number of rotatable bonds is 7. The van der Waals surface area contributed by atoms with Crippen molar-refractivity contribution in [2.45, 2.75) is 30.2 Å². The van der Waals surface area contributed by atoms with Crippen LogP contribution in [0.25, 0.3) is 0 Å². The Morgan fingerprint density at radius 2 is 1.93 bits per heavy atom. The molecular formula is C21H24ClN3O3S. The Kier molecular flexibility index (Phi) is 7.14. The molecule has 2 aromatic rings. The number of sulfonamides is 1. The third-order valence-corrected chi connectivity index (χ3v) is 6.90. The summed E-state index contributed by atoms with van der Waals surface area (Å²) in [5.41, 5.74) is 1.20. The summed E-state index contributed by atoms with van der Waals surface area (Å²) in [4.78, 5) is 2.34. The van der Waals surface area contributed by atoms with E-state index in [0.29, 0.717) is 0 Å². The molecule has 1 aliphatic rings. The quantitative estimate of drug-likeness (QED) is 0.719. The third-order valence-electron chi connectivity index (χ3n) is 5.17. The maximum atomic E-state index is 12.9. The van der Waals surface area contributed by atoms with E-state index in [-0.39, 0.29) is 28.1 Å². The van der Waals surface area contributed by atoms with Crippen LogP contribution < -0.4 is 9.46 Å². The number of para-hydroxylation sites is 1. The maximum Gasteiger partial charge on any atom is 0.240 e. The van der Waals surface area contributed by atoms with Crippen molar-refractivity contribution in [1.82, 2.24) is 9.62 Å². The van der Waals surface area contributed by atoms with Gasteiger partial charge in [0, 0.05) is 12.1 Å². The van der Waals surface area contributed by atoms with Crippen LogP contribution in [0.4, 0.5) is 0 Å². The molecular weight excluding hydrogens is 410 g/mol. The van der Waals surface area contributed by atoms with Gasteiger partial charge in [-0.15, -0.1) is 0 Å². The molecule has 3 rings (SSSR count). The molecule has 2 aromatic carbocycles. The van der Waals surface area contributed by atoms with E-state index in [0.717, 1.165) is 37.2 Å². The fourth-order valence-electron chi connectivity index (χ4n) is 3.63. The molecule has 1 heterocycles. The zero-order valence-corrected chi connectivity index (χ0v) is 17.8. The van der Waals surface area contributed by atoms with Crippen LogP contribution in [0.15, 0.2) is 47.4 Å². The minimum atomic E-state index is -3.78. The Morgan fingerprint density at radius 1 is 1.21 bits per heavy atom. The lowest BCUT2D eigenvalue weighted by Crippen LogP contribution is -2.40. The number of piperidine rings is 1. The first-order valence-corrected chi connectivity index (χ1v) is 11.4. The molecule has 0 spiro atoms. The molecule has 0 radical (unpaired) electrons. The van der Waals surface area contributed by atoms with Crippen LogP contribution in [0.2, 0.25) is 5.02 Å².